The SMILES string of the molecule is CCNC(=NCc1ccc(N2CCC(O)CC2)c(F)c1)NC1CCC(C(=O)OCC)CC1. The zero-order chi connectivity index (χ0) is 22.9. The van der Waals surface area contributed by atoms with Crippen LogP contribution >= 0.6 is 0 Å². The summed E-state index contributed by atoms with van der Waals surface area (Å²) in [7, 11) is 0. The van der Waals surface area contributed by atoms with E-state index in [-0.39, 0.29) is 29.9 Å². The summed E-state index contributed by atoms with van der Waals surface area (Å²) < 4.78 is 19.9. The largest absolute Gasteiger partial charge is 0.466 e. The monoisotopic (exact) mass is 448 g/mol. The number of halogens is 1. The molecule has 0 amide bonds. The predicted octanol–water partition coefficient (Wildman–Crippen LogP) is 2.96. The normalized spacial score (nSPS) is 22.5. The molecule has 1 aromatic carbocycles. The van der Waals surface area contributed by atoms with Gasteiger partial charge in [0.05, 0.1) is 30.9 Å². The van der Waals surface area contributed by atoms with Gasteiger partial charge >= 0.3 is 5.97 Å². The number of nitrogens with one attached hydrogen (secondary N) is 2. The van der Waals surface area contributed by atoms with Crippen LogP contribution in [-0.2, 0) is 16.1 Å². The lowest BCUT2D eigenvalue weighted by atomic mass is 9.86. The fourth-order valence-corrected chi connectivity index (χ4v) is 4.43. The van der Waals surface area contributed by atoms with Crippen molar-refractivity contribution in [1.82, 2.24) is 10.6 Å². The van der Waals surface area contributed by atoms with Gasteiger partial charge in [0.1, 0.15) is 5.82 Å². The molecule has 1 aliphatic heterocycles. The second-order valence-electron chi connectivity index (χ2n) is 8.64. The molecule has 0 aromatic heterocycles. The van der Waals surface area contributed by atoms with Crippen LogP contribution in [-0.4, -0.2) is 55.4 Å². The second kappa shape index (κ2) is 12.0. The van der Waals surface area contributed by atoms with E-state index in [0.29, 0.717) is 50.7 Å². The van der Waals surface area contributed by atoms with E-state index in [1.807, 2.05) is 30.9 Å². The smallest absolute Gasteiger partial charge is 0.308 e. The van der Waals surface area contributed by atoms with E-state index in [1.165, 1.54) is 0 Å². The highest BCUT2D eigenvalue weighted by Crippen LogP contribution is 2.26. The van der Waals surface area contributed by atoms with Crippen LogP contribution in [0.15, 0.2) is 23.2 Å². The van der Waals surface area contributed by atoms with Crippen molar-refractivity contribution in [1.29, 1.82) is 0 Å². The molecule has 1 saturated carbocycles. The Morgan fingerprint density at radius 2 is 1.91 bits per heavy atom. The molecule has 2 fully saturated rings. The highest BCUT2D eigenvalue weighted by molar-refractivity contribution is 5.80. The van der Waals surface area contributed by atoms with Crippen LogP contribution in [0.5, 0.6) is 0 Å². The number of carbonyl (C=O) groups is 1. The number of anilines is 1. The van der Waals surface area contributed by atoms with Crippen molar-refractivity contribution in [3.63, 3.8) is 0 Å². The van der Waals surface area contributed by atoms with Gasteiger partial charge in [0, 0.05) is 25.7 Å². The molecule has 0 bridgehead atoms. The number of benzene rings is 1. The van der Waals surface area contributed by atoms with Gasteiger partial charge in [-0.3, -0.25) is 4.79 Å². The number of aliphatic hydroxyl groups excluding tert-OH is 1. The van der Waals surface area contributed by atoms with Gasteiger partial charge in [-0.1, -0.05) is 6.07 Å². The molecule has 0 spiro atoms. The number of ether oxygens (including phenoxy) is 1. The molecule has 0 unspecified atom stereocenters. The van der Waals surface area contributed by atoms with Crippen molar-refractivity contribution in [3.8, 4) is 0 Å². The van der Waals surface area contributed by atoms with Crippen LogP contribution in [0.1, 0.15) is 57.9 Å². The Kier molecular flexibility index (Phi) is 9.14. The van der Waals surface area contributed by atoms with Crippen LogP contribution in [0.4, 0.5) is 10.1 Å². The first-order valence-corrected chi connectivity index (χ1v) is 11.9. The molecule has 0 radical (unpaired) electrons. The van der Waals surface area contributed by atoms with Crippen LogP contribution in [0.25, 0.3) is 0 Å². The number of nitrogens with zero attached hydrogens (tertiary/aromatic N) is 2. The average Bonchev–Trinajstić information content (AvgIpc) is 2.79. The third-order valence-electron chi connectivity index (χ3n) is 6.27. The van der Waals surface area contributed by atoms with Gasteiger partial charge in [-0.05, 0) is 70.1 Å². The molecule has 1 aliphatic carbocycles. The van der Waals surface area contributed by atoms with Gasteiger partial charge in [0.2, 0.25) is 0 Å². The lowest BCUT2D eigenvalue weighted by Crippen LogP contribution is -2.45. The number of guanidine groups is 1. The first kappa shape index (κ1) is 24.3. The molecule has 32 heavy (non-hydrogen) atoms. The Labute approximate surface area is 190 Å². The summed E-state index contributed by atoms with van der Waals surface area (Å²) >= 11 is 0. The summed E-state index contributed by atoms with van der Waals surface area (Å²) in [5.74, 6) is 0.376. The Balaban J connectivity index is 1.55. The van der Waals surface area contributed by atoms with E-state index in [0.717, 1.165) is 37.8 Å². The number of hydrogen-bond donors (Lipinski definition) is 3. The van der Waals surface area contributed by atoms with Gasteiger partial charge in [0.25, 0.3) is 0 Å². The van der Waals surface area contributed by atoms with E-state index >= 15 is 0 Å². The molecule has 8 heteroatoms. The average molecular weight is 449 g/mol. The topological polar surface area (TPSA) is 86.2 Å². The molecular weight excluding hydrogens is 411 g/mol. The molecule has 7 nitrogen and oxygen atoms in total. The van der Waals surface area contributed by atoms with Crippen LogP contribution < -0.4 is 15.5 Å². The number of carbonyl (C=O) groups excluding carboxylic acids is 1. The third-order valence-corrected chi connectivity index (χ3v) is 6.27. The quantitative estimate of drug-likeness (QED) is 0.338. The number of aliphatic imine (C=N–C) groups is 1. The van der Waals surface area contributed by atoms with E-state index in [4.69, 9.17) is 4.74 Å². The van der Waals surface area contributed by atoms with Crippen LogP contribution in [0.3, 0.4) is 0 Å². The van der Waals surface area contributed by atoms with Gasteiger partial charge in [0.15, 0.2) is 5.96 Å². The van der Waals surface area contributed by atoms with Gasteiger partial charge in [-0.25, -0.2) is 9.38 Å². The Hall–Kier alpha value is -2.35. The van der Waals surface area contributed by atoms with Crippen molar-refractivity contribution in [2.24, 2.45) is 10.9 Å². The highest BCUT2D eigenvalue weighted by Gasteiger charge is 2.27. The van der Waals surface area contributed by atoms with Crippen LogP contribution in [0, 0.1) is 11.7 Å². The number of piperidine rings is 1. The lowest BCUT2D eigenvalue weighted by molar-refractivity contribution is -0.149. The Morgan fingerprint density at radius 3 is 2.53 bits per heavy atom. The third kappa shape index (κ3) is 6.82. The summed E-state index contributed by atoms with van der Waals surface area (Å²) in [5.41, 5.74) is 1.40. The lowest BCUT2D eigenvalue weighted by Gasteiger charge is -2.31. The first-order chi connectivity index (χ1) is 15.5. The zero-order valence-corrected chi connectivity index (χ0v) is 19.3. The molecule has 3 N–H and O–H groups in total. The molecule has 1 heterocycles. The molecule has 2 aliphatic rings. The molecule has 3 rings (SSSR count). The predicted molar refractivity (Wildman–Crippen MR) is 124 cm³/mol. The maximum absolute atomic E-state index is 14.7. The van der Waals surface area contributed by atoms with Crippen molar-refractivity contribution < 1.29 is 19.0 Å². The van der Waals surface area contributed by atoms with Crippen molar-refractivity contribution in [3.05, 3.63) is 29.6 Å². The van der Waals surface area contributed by atoms with E-state index in [9.17, 15) is 14.3 Å². The minimum absolute atomic E-state index is 0.00261. The summed E-state index contributed by atoms with van der Waals surface area (Å²) in [5, 5.41) is 16.4. The molecule has 0 atom stereocenters. The van der Waals surface area contributed by atoms with Gasteiger partial charge < -0.3 is 25.4 Å². The summed E-state index contributed by atoms with van der Waals surface area (Å²) in [6.45, 7) is 6.73. The minimum Gasteiger partial charge on any atom is -0.466 e. The maximum Gasteiger partial charge on any atom is 0.308 e. The fraction of sp³-hybridized carbons (Fsp3) is 0.667. The second-order valence-corrected chi connectivity index (χ2v) is 8.64. The van der Waals surface area contributed by atoms with E-state index in [2.05, 4.69) is 15.6 Å². The molecular formula is C24H37FN4O3. The summed E-state index contributed by atoms with van der Waals surface area (Å²) in [6.07, 6.45) is 4.48. The number of esters is 1. The molecule has 1 aromatic rings. The van der Waals surface area contributed by atoms with Crippen LogP contribution in [0.2, 0.25) is 0 Å². The van der Waals surface area contributed by atoms with Crippen molar-refractivity contribution >= 4 is 17.6 Å². The molecule has 178 valence electrons. The fourth-order valence-electron chi connectivity index (χ4n) is 4.43. The minimum atomic E-state index is -0.278. The number of rotatable bonds is 7. The van der Waals surface area contributed by atoms with Gasteiger partial charge in [-0.2, -0.15) is 0 Å². The van der Waals surface area contributed by atoms with E-state index < -0.39 is 0 Å². The number of aliphatic hydroxyl groups is 1. The van der Waals surface area contributed by atoms with Gasteiger partial charge in [-0.15, -0.1) is 0 Å². The van der Waals surface area contributed by atoms with Crippen molar-refractivity contribution in [2.45, 2.75) is 71.1 Å². The first-order valence-electron chi connectivity index (χ1n) is 11.9. The summed E-state index contributed by atoms with van der Waals surface area (Å²) in [6, 6.07) is 5.54. The van der Waals surface area contributed by atoms with Crippen molar-refractivity contribution in [2.75, 3.05) is 31.1 Å². The zero-order valence-electron chi connectivity index (χ0n) is 19.3. The summed E-state index contributed by atoms with van der Waals surface area (Å²) in [4.78, 5) is 18.6. The highest BCUT2D eigenvalue weighted by atomic mass is 19.1. The Morgan fingerprint density at radius 1 is 1.19 bits per heavy atom. The standard InChI is InChI=1S/C24H37FN4O3/c1-3-26-24(28-19-8-6-18(7-9-19)23(31)32-4-2)27-16-17-5-10-22(21(25)15-17)29-13-11-20(30)12-14-29/h5,10,15,18-20,30H,3-4,6-9,11-14,16H2,1-2H3,(H2,26,27,28). The number of hydrogen-bond acceptors (Lipinski definition) is 5. The maximum atomic E-state index is 14.7. The Bertz CT molecular complexity index is 773. The molecule has 1 saturated heterocycles. The van der Waals surface area contributed by atoms with E-state index in [1.54, 1.807) is 6.07 Å².